The quantitative estimate of drug-likeness (QED) is 0.876. The Morgan fingerprint density at radius 3 is 2.89 bits per heavy atom. The smallest absolute Gasteiger partial charge is 0.272 e. The van der Waals surface area contributed by atoms with Crippen molar-refractivity contribution in [2.24, 2.45) is 5.73 Å². The van der Waals surface area contributed by atoms with Crippen LogP contribution in [-0.2, 0) is 0 Å². The highest BCUT2D eigenvalue weighted by atomic mass is 16.2. The van der Waals surface area contributed by atoms with Gasteiger partial charge in [-0.15, -0.1) is 0 Å². The van der Waals surface area contributed by atoms with Crippen LogP contribution in [0.1, 0.15) is 17.4 Å². The van der Waals surface area contributed by atoms with E-state index in [9.17, 15) is 4.79 Å². The van der Waals surface area contributed by atoms with Crippen LogP contribution in [0.25, 0.3) is 5.82 Å². The van der Waals surface area contributed by atoms with Gasteiger partial charge >= 0.3 is 0 Å². The summed E-state index contributed by atoms with van der Waals surface area (Å²) in [6, 6.07) is 7.06. The summed E-state index contributed by atoms with van der Waals surface area (Å²) < 4.78 is 1.61. The first kappa shape index (κ1) is 13.2. The molecule has 2 rings (SSSR count). The zero-order valence-corrected chi connectivity index (χ0v) is 11.0. The van der Waals surface area contributed by atoms with E-state index < -0.39 is 0 Å². The molecule has 0 aliphatic rings. The molecule has 0 aliphatic carbocycles. The van der Waals surface area contributed by atoms with Crippen LogP contribution in [0.5, 0.6) is 0 Å². The van der Waals surface area contributed by atoms with E-state index in [0.717, 1.165) is 0 Å². The molecular weight excluding hydrogens is 242 g/mol. The molecule has 1 unspecified atom stereocenters. The van der Waals surface area contributed by atoms with Crippen molar-refractivity contribution in [1.29, 1.82) is 0 Å². The number of hydrogen-bond donors (Lipinski definition) is 1. The van der Waals surface area contributed by atoms with E-state index in [1.165, 1.54) is 0 Å². The molecule has 19 heavy (non-hydrogen) atoms. The molecule has 0 aliphatic heterocycles. The molecule has 2 aromatic heterocycles. The Kier molecular flexibility index (Phi) is 3.91. The lowest BCUT2D eigenvalue weighted by molar-refractivity contribution is 0.0742. The maximum atomic E-state index is 12.2. The lowest BCUT2D eigenvalue weighted by Crippen LogP contribution is -2.40. The van der Waals surface area contributed by atoms with Gasteiger partial charge in [-0.05, 0) is 25.1 Å². The van der Waals surface area contributed by atoms with Crippen LogP contribution in [0.3, 0.4) is 0 Å². The zero-order chi connectivity index (χ0) is 13.8. The Morgan fingerprint density at radius 1 is 1.47 bits per heavy atom. The fraction of sp³-hybridized carbons (Fsp3) is 0.308. The Morgan fingerprint density at radius 2 is 2.26 bits per heavy atom. The Balaban J connectivity index is 2.26. The van der Waals surface area contributed by atoms with Gasteiger partial charge in [-0.2, -0.15) is 5.10 Å². The number of carbonyl (C=O) groups excluding carboxylic acids is 1. The summed E-state index contributed by atoms with van der Waals surface area (Å²) in [4.78, 5) is 18.2. The lowest BCUT2D eigenvalue weighted by Gasteiger charge is -2.23. The van der Waals surface area contributed by atoms with Crippen LogP contribution in [0.2, 0.25) is 0 Å². The van der Waals surface area contributed by atoms with Crippen LogP contribution >= 0.6 is 0 Å². The van der Waals surface area contributed by atoms with Crippen molar-refractivity contribution < 1.29 is 4.79 Å². The van der Waals surface area contributed by atoms with Crippen LogP contribution in [0.4, 0.5) is 0 Å². The average molecular weight is 259 g/mol. The maximum Gasteiger partial charge on any atom is 0.272 e. The first-order valence-corrected chi connectivity index (χ1v) is 6.07. The third-order valence-electron chi connectivity index (χ3n) is 3.02. The summed E-state index contributed by atoms with van der Waals surface area (Å²) in [7, 11) is 1.72. The van der Waals surface area contributed by atoms with Crippen molar-refractivity contribution in [3.8, 4) is 5.82 Å². The van der Waals surface area contributed by atoms with E-state index in [2.05, 4.69) is 10.1 Å². The first-order valence-electron chi connectivity index (χ1n) is 6.07. The summed E-state index contributed by atoms with van der Waals surface area (Å²) in [5, 5.41) is 4.09. The molecule has 6 nitrogen and oxygen atoms in total. The van der Waals surface area contributed by atoms with E-state index in [1.54, 1.807) is 53.3 Å². The highest BCUT2D eigenvalue weighted by molar-refractivity contribution is 5.92. The molecule has 100 valence electrons. The minimum Gasteiger partial charge on any atom is -0.336 e. The Hall–Kier alpha value is -2.21. The molecule has 2 aromatic rings. The van der Waals surface area contributed by atoms with Crippen LogP contribution in [0, 0.1) is 0 Å². The molecule has 0 radical (unpaired) electrons. The summed E-state index contributed by atoms with van der Waals surface area (Å²) in [5.74, 6) is 0.469. The molecule has 2 N–H and O–H groups in total. The van der Waals surface area contributed by atoms with E-state index in [1.807, 2.05) is 6.92 Å². The highest BCUT2D eigenvalue weighted by Gasteiger charge is 2.18. The number of hydrogen-bond acceptors (Lipinski definition) is 4. The fourth-order valence-corrected chi connectivity index (χ4v) is 1.61. The molecule has 0 spiro atoms. The second-order valence-electron chi connectivity index (χ2n) is 4.33. The van der Waals surface area contributed by atoms with E-state index >= 15 is 0 Å². The fourth-order valence-electron chi connectivity index (χ4n) is 1.61. The van der Waals surface area contributed by atoms with E-state index in [-0.39, 0.29) is 11.9 Å². The molecule has 6 heteroatoms. The van der Waals surface area contributed by atoms with Gasteiger partial charge in [-0.3, -0.25) is 4.79 Å². The molecular formula is C13H17N5O. The number of amides is 1. The molecule has 2 heterocycles. The number of rotatable bonds is 4. The molecule has 1 amide bonds. The van der Waals surface area contributed by atoms with E-state index in [4.69, 9.17) is 5.73 Å². The second-order valence-corrected chi connectivity index (χ2v) is 4.33. The van der Waals surface area contributed by atoms with Gasteiger partial charge in [0.1, 0.15) is 5.69 Å². The van der Waals surface area contributed by atoms with Gasteiger partial charge in [0.15, 0.2) is 5.82 Å². The Bertz CT molecular complexity index is 552. The minimum atomic E-state index is -0.146. The number of nitrogens with two attached hydrogens (primary N) is 1. The van der Waals surface area contributed by atoms with Crippen LogP contribution in [-0.4, -0.2) is 45.2 Å². The standard InChI is InChI=1S/C13H17N5O/c1-10(9-14)17(2)13(19)11-5-3-6-12(16-11)18-8-4-7-15-18/h3-8,10H,9,14H2,1-2H3. The van der Waals surface area contributed by atoms with Crippen molar-refractivity contribution in [3.05, 3.63) is 42.4 Å². The molecule has 0 aromatic carbocycles. The van der Waals surface area contributed by atoms with Crippen molar-refractivity contribution in [3.63, 3.8) is 0 Å². The summed E-state index contributed by atoms with van der Waals surface area (Å²) >= 11 is 0. The minimum absolute atomic E-state index is 0.0253. The third kappa shape index (κ3) is 2.79. The van der Waals surface area contributed by atoms with Gasteiger partial charge in [0.2, 0.25) is 0 Å². The number of likely N-dealkylation sites (N-methyl/N-ethyl adjacent to an activating group) is 1. The van der Waals surface area contributed by atoms with Crippen molar-refractivity contribution in [2.75, 3.05) is 13.6 Å². The molecule has 1 atom stereocenters. The lowest BCUT2D eigenvalue weighted by atomic mass is 10.2. The maximum absolute atomic E-state index is 12.2. The molecule has 0 bridgehead atoms. The van der Waals surface area contributed by atoms with Crippen molar-refractivity contribution >= 4 is 5.91 Å². The SMILES string of the molecule is CC(CN)N(C)C(=O)c1cccc(-n2cccn2)n1. The van der Waals surface area contributed by atoms with Crippen molar-refractivity contribution in [1.82, 2.24) is 19.7 Å². The number of aromatic nitrogens is 3. The number of nitrogens with zero attached hydrogens (tertiary/aromatic N) is 4. The van der Waals surface area contributed by atoms with Crippen molar-refractivity contribution in [2.45, 2.75) is 13.0 Å². The molecule has 0 fully saturated rings. The topological polar surface area (TPSA) is 77.0 Å². The number of carbonyl (C=O) groups is 1. The summed E-state index contributed by atoms with van der Waals surface area (Å²) in [5.41, 5.74) is 5.95. The summed E-state index contributed by atoms with van der Waals surface area (Å²) in [6.45, 7) is 2.32. The monoisotopic (exact) mass is 259 g/mol. The summed E-state index contributed by atoms with van der Waals surface area (Å²) in [6.07, 6.45) is 3.45. The van der Waals surface area contributed by atoms with Crippen LogP contribution < -0.4 is 5.73 Å². The van der Waals surface area contributed by atoms with Gasteiger partial charge < -0.3 is 10.6 Å². The average Bonchev–Trinajstić information content (AvgIpc) is 2.99. The predicted octanol–water partition coefficient (Wildman–Crippen LogP) is 0.686. The first-order chi connectivity index (χ1) is 9.13. The molecule has 0 saturated carbocycles. The molecule has 0 saturated heterocycles. The van der Waals surface area contributed by atoms with Gasteiger partial charge in [-0.1, -0.05) is 6.07 Å². The predicted molar refractivity (Wildman–Crippen MR) is 72.0 cm³/mol. The van der Waals surface area contributed by atoms with Gasteiger partial charge in [0, 0.05) is 32.0 Å². The van der Waals surface area contributed by atoms with Gasteiger partial charge in [0.25, 0.3) is 5.91 Å². The number of pyridine rings is 1. The highest BCUT2D eigenvalue weighted by Crippen LogP contribution is 2.08. The Labute approximate surface area is 111 Å². The largest absolute Gasteiger partial charge is 0.336 e. The van der Waals surface area contributed by atoms with Gasteiger partial charge in [-0.25, -0.2) is 9.67 Å². The zero-order valence-electron chi connectivity index (χ0n) is 11.0. The normalized spacial score (nSPS) is 12.2. The van der Waals surface area contributed by atoms with Crippen LogP contribution in [0.15, 0.2) is 36.7 Å². The second kappa shape index (κ2) is 5.62. The van der Waals surface area contributed by atoms with Gasteiger partial charge in [0.05, 0.1) is 0 Å². The third-order valence-corrected chi connectivity index (χ3v) is 3.02. The van der Waals surface area contributed by atoms with E-state index in [0.29, 0.717) is 18.1 Å².